The molecule has 0 radical (unpaired) electrons. The Kier molecular flexibility index (Phi) is 4.33. The number of nitrogens with one attached hydrogen (secondary N) is 1. The van der Waals surface area contributed by atoms with Crippen LogP contribution in [0.4, 0.5) is 0 Å². The predicted octanol–water partition coefficient (Wildman–Crippen LogP) is 1.27. The first-order valence-corrected chi connectivity index (χ1v) is 7.69. The number of aromatic nitrogens is 4. The summed E-state index contributed by atoms with van der Waals surface area (Å²) in [6, 6.07) is 0. The van der Waals surface area contributed by atoms with Crippen molar-refractivity contribution in [2.45, 2.75) is 45.3 Å². The molecule has 24 heavy (non-hydrogen) atoms. The topological polar surface area (TPSA) is 108 Å². The number of esters is 2. The molecule has 128 valence electrons. The molecular weight excluding hydrogens is 336 g/mol. The Labute approximate surface area is 141 Å². The molecule has 0 spiro atoms. The molecule has 0 saturated carbocycles. The number of carbonyl (C=O) groups is 2. The number of hydrogen-bond donors (Lipinski definition) is 1. The Bertz CT molecular complexity index is 847. The van der Waals surface area contributed by atoms with Crippen LogP contribution >= 0.6 is 12.2 Å². The molecule has 10 heteroatoms. The zero-order valence-electron chi connectivity index (χ0n) is 13.3. The number of ether oxygens (including phenoxy) is 3. The summed E-state index contributed by atoms with van der Waals surface area (Å²) in [5.41, 5.74) is 1.08. The Morgan fingerprint density at radius 3 is 2.58 bits per heavy atom. The van der Waals surface area contributed by atoms with Crippen LogP contribution in [0.5, 0.6) is 0 Å². The summed E-state index contributed by atoms with van der Waals surface area (Å²) in [5, 5.41) is 0. The van der Waals surface area contributed by atoms with Gasteiger partial charge in [-0.1, -0.05) is 12.2 Å². The van der Waals surface area contributed by atoms with E-state index in [-0.39, 0.29) is 0 Å². The van der Waals surface area contributed by atoms with Gasteiger partial charge in [-0.2, -0.15) is 0 Å². The fourth-order valence-electron chi connectivity index (χ4n) is 2.77. The molecule has 3 heterocycles. The molecule has 0 amide bonds. The molecule has 3 rings (SSSR count). The van der Waals surface area contributed by atoms with Crippen LogP contribution in [0.15, 0.2) is 12.7 Å². The van der Waals surface area contributed by atoms with Crippen molar-refractivity contribution in [3.05, 3.63) is 17.3 Å². The van der Waals surface area contributed by atoms with Crippen LogP contribution in [0.1, 0.15) is 27.0 Å². The first kappa shape index (κ1) is 16.5. The molecule has 0 unspecified atom stereocenters. The van der Waals surface area contributed by atoms with Crippen molar-refractivity contribution >= 4 is 35.3 Å². The average Bonchev–Trinajstić information content (AvgIpc) is 3.03. The fourth-order valence-corrected chi connectivity index (χ4v) is 2.97. The molecule has 2 aromatic heterocycles. The molecule has 1 aliphatic heterocycles. The van der Waals surface area contributed by atoms with Crippen LogP contribution in [0.3, 0.4) is 0 Å². The van der Waals surface area contributed by atoms with Gasteiger partial charge in [0.25, 0.3) is 0 Å². The van der Waals surface area contributed by atoms with Gasteiger partial charge < -0.3 is 19.2 Å². The third kappa shape index (κ3) is 2.89. The second-order valence-electron chi connectivity index (χ2n) is 5.44. The van der Waals surface area contributed by atoms with E-state index >= 15 is 0 Å². The molecular formula is C14H16N4O5S. The van der Waals surface area contributed by atoms with E-state index in [0.29, 0.717) is 15.8 Å². The van der Waals surface area contributed by atoms with Gasteiger partial charge in [0.05, 0.1) is 18.8 Å². The van der Waals surface area contributed by atoms with E-state index in [9.17, 15) is 9.59 Å². The number of rotatable bonds is 3. The van der Waals surface area contributed by atoms with Gasteiger partial charge in [-0.15, -0.1) is 0 Å². The predicted molar refractivity (Wildman–Crippen MR) is 83.4 cm³/mol. The summed E-state index contributed by atoms with van der Waals surface area (Å²) >= 11 is 5.14. The Morgan fingerprint density at radius 1 is 1.25 bits per heavy atom. The van der Waals surface area contributed by atoms with Crippen LogP contribution < -0.4 is 0 Å². The van der Waals surface area contributed by atoms with E-state index in [2.05, 4.69) is 15.0 Å². The molecule has 1 aliphatic rings. The second kappa shape index (κ2) is 6.29. The largest absolute Gasteiger partial charge is 0.456 e. The van der Waals surface area contributed by atoms with Gasteiger partial charge in [-0.3, -0.25) is 14.2 Å². The number of hydrogen-bond acceptors (Lipinski definition) is 8. The monoisotopic (exact) mass is 352 g/mol. The van der Waals surface area contributed by atoms with E-state index < -0.39 is 36.5 Å². The zero-order chi connectivity index (χ0) is 17.4. The maximum atomic E-state index is 11.5. The van der Waals surface area contributed by atoms with Crippen LogP contribution in [-0.2, 0) is 23.8 Å². The van der Waals surface area contributed by atoms with Gasteiger partial charge in [0, 0.05) is 13.8 Å². The third-order valence-corrected chi connectivity index (χ3v) is 3.98. The number of imidazole rings is 1. The molecule has 1 N–H and O–H groups in total. The zero-order valence-corrected chi connectivity index (χ0v) is 14.1. The lowest BCUT2D eigenvalue weighted by Crippen LogP contribution is -2.38. The van der Waals surface area contributed by atoms with E-state index in [0.717, 1.165) is 0 Å². The lowest BCUT2D eigenvalue weighted by atomic mass is 10.1. The van der Waals surface area contributed by atoms with Crippen molar-refractivity contribution in [3.63, 3.8) is 0 Å². The highest BCUT2D eigenvalue weighted by Gasteiger charge is 2.48. The van der Waals surface area contributed by atoms with Crippen molar-refractivity contribution in [2.75, 3.05) is 0 Å². The second-order valence-corrected chi connectivity index (χ2v) is 5.82. The van der Waals surface area contributed by atoms with E-state index in [1.165, 1.54) is 26.5 Å². The van der Waals surface area contributed by atoms with E-state index in [4.69, 9.17) is 26.4 Å². The minimum atomic E-state index is -0.811. The van der Waals surface area contributed by atoms with Crippen LogP contribution in [-0.4, -0.2) is 49.8 Å². The maximum Gasteiger partial charge on any atom is 0.303 e. The Morgan fingerprint density at radius 2 is 1.92 bits per heavy atom. The molecule has 1 saturated heterocycles. The van der Waals surface area contributed by atoms with Crippen molar-refractivity contribution in [2.24, 2.45) is 0 Å². The highest BCUT2D eigenvalue weighted by molar-refractivity contribution is 7.71. The van der Waals surface area contributed by atoms with Crippen LogP contribution in [0.2, 0.25) is 0 Å². The van der Waals surface area contributed by atoms with Crippen molar-refractivity contribution in [3.8, 4) is 0 Å². The number of aromatic amines is 1. The van der Waals surface area contributed by atoms with Crippen LogP contribution in [0.25, 0.3) is 11.2 Å². The summed E-state index contributed by atoms with van der Waals surface area (Å²) in [7, 11) is 0. The van der Waals surface area contributed by atoms with Gasteiger partial charge in [-0.25, -0.2) is 9.97 Å². The molecule has 2 aromatic rings. The number of fused-ring (bicyclic) bond motifs is 1. The number of nitrogens with zero attached hydrogens (tertiary/aromatic N) is 3. The summed E-state index contributed by atoms with van der Waals surface area (Å²) in [4.78, 5) is 34.0. The summed E-state index contributed by atoms with van der Waals surface area (Å²) < 4.78 is 18.5. The fraction of sp³-hybridized carbons (Fsp3) is 0.500. The van der Waals surface area contributed by atoms with E-state index in [1.54, 1.807) is 11.5 Å². The maximum absolute atomic E-state index is 11.5. The summed E-state index contributed by atoms with van der Waals surface area (Å²) in [6.07, 6.45) is 0.248. The highest BCUT2D eigenvalue weighted by atomic mass is 32.1. The molecule has 1 fully saturated rings. The van der Waals surface area contributed by atoms with Crippen LogP contribution in [0, 0.1) is 4.64 Å². The lowest BCUT2D eigenvalue weighted by molar-refractivity contribution is -0.165. The molecule has 9 nitrogen and oxygen atoms in total. The standard InChI is InChI=1S/C14H16N4O5S/c1-6-10(22-7(2)19)11(23-8(3)20)14(21-6)18-5-17-9-12(18)15-4-16-13(9)24/h4-6,10-11,14H,1-3H3,(H,15,16,24)/t6-,10+,11-,14+/m0/s1. The first-order chi connectivity index (χ1) is 11.4. The third-order valence-electron chi connectivity index (χ3n) is 3.68. The number of carbonyl (C=O) groups excluding carboxylic acids is 2. The summed E-state index contributed by atoms with van der Waals surface area (Å²) in [6.45, 7) is 4.32. The van der Waals surface area contributed by atoms with Crippen molar-refractivity contribution in [1.29, 1.82) is 0 Å². The Hall–Kier alpha value is -2.33. The molecule has 0 aromatic carbocycles. The van der Waals surface area contributed by atoms with Gasteiger partial charge >= 0.3 is 11.9 Å². The van der Waals surface area contributed by atoms with Gasteiger partial charge in [0.1, 0.15) is 11.2 Å². The lowest BCUT2D eigenvalue weighted by Gasteiger charge is -2.23. The van der Waals surface area contributed by atoms with Crippen molar-refractivity contribution < 1.29 is 23.8 Å². The molecule has 0 aliphatic carbocycles. The summed E-state index contributed by atoms with van der Waals surface area (Å²) in [5.74, 6) is -0.980. The van der Waals surface area contributed by atoms with Gasteiger partial charge in [-0.05, 0) is 6.92 Å². The number of H-pyrrole nitrogens is 1. The highest BCUT2D eigenvalue weighted by Crippen LogP contribution is 2.35. The normalized spacial score (nSPS) is 26.5. The average molecular weight is 352 g/mol. The molecule has 4 atom stereocenters. The van der Waals surface area contributed by atoms with Gasteiger partial charge in [0.15, 0.2) is 23.1 Å². The quantitative estimate of drug-likeness (QED) is 0.650. The van der Waals surface area contributed by atoms with Gasteiger partial charge in [0.2, 0.25) is 0 Å². The van der Waals surface area contributed by atoms with E-state index in [1.807, 2.05) is 0 Å². The Balaban J connectivity index is 2.03. The SMILES string of the molecule is CC(=O)O[C@H]1[C@H](OC(C)=O)[C@H](n2cnc3c(=S)nc[nH]c32)O[C@H]1C. The minimum Gasteiger partial charge on any atom is -0.456 e. The first-order valence-electron chi connectivity index (χ1n) is 7.28. The minimum absolute atomic E-state index is 0.342. The van der Waals surface area contributed by atoms with Crippen molar-refractivity contribution in [1.82, 2.24) is 19.5 Å². The smallest absolute Gasteiger partial charge is 0.303 e. The molecule has 0 bridgehead atoms.